The summed E-state index contributed by atoms with van der Waals surface area (Å²) >= 11 is 0. The summed E-state index contributed by atoms with van der Waals surface area (Å²) in [5.41, 5.74) is 1.84. The average molecular weight is 450 g/mol. The SMILES string of the molecule is C[C@H](Cn1cnc2c(NP3(=O)OCCC(c4ccncc4)O3)ncnc21)OCP=O. The van der Waals surface area contributed by atoms with Gasteiger partial charge in [0.1, 0.15) is 12.7 Å². The van der Waals surface area contributed by atoms with Gasteiger partial charge in [0.2, 0.25) is 0 Å². The van der Waals surface area contributed by atoms with Gasteiger partial charge in [-0.3, -0.25) is 23.7 Å². The van der Waals surface area contributed by atoms with Crippen molar-refractivity contribution in [2.45, 2.75) is 32.1 Å². The smallest absolute Gasteiger partial charge is 0.365 e. The Morgan fingerprint density at radius 1 is 1.37 bits per heavy atom. The summed E-state index contributed by atoms with van der Waals surface area (Å²) in [7, 11) is -3.73. The van der Waals surface area contributed by atoms with E-state index in [1.54, 1.807) is 23.3 Å². The van der Waals surface area contributed by atoms with E-state index < -0.39 is 7.75 Å². The molecule has 1 saturated heterocycles. The topological polar surface area (TPSA) is 130 Å². The summed E-state index contributed by atoms with van der Waals surface area (Å²) in [5.74, 6) is 0.254. The average Bonchev–Trinajstić information content (AvgIpc) is 3.16. The van der Waals surface area contributed by atoms with E-state index in [0.717, 1.165) is 5.56 Å². The van der Waals surface area contributed by atoms with Crippen LogP contribution in [0, 0.1) is 0 Å². The molecule has 2 unspecified atom stereocenters. The largest absolute Gasteiger partial charge is 0.434 e. The fourth-order valence-corrected chi connectivity index (χ4v) is 4.93. The standard InChI is InChI=1S/C17H20N6O5P2/c1-12(26-11-29-24)8-23-10-21-15-16(19-9-20-17(15)23)22-30(25)27-7-4-14(28-30)13-2-5-18-6-3-13/h2-3,5-6,9-10,12,14H,4,7-8,11H2,1H3,(H,19,20,22,25)/t12-,14?,30?/m1/s1. The Bertz CT molecular complexity index is 1070. The number of rotatable bonds is 8. The number of pyridine rings is 1. The minimum absolute atomic E-state index is 0.0701. The molecule has 0 bridgehead atoms. The highest BCUT2D eigenvalue weighted by molar-refractivity contribution is 7.55. The van der Waals surface area contributed by atoms with E-state index in [0.29, 0.717) is 24.1 Å². The van der Waals surface area contributed by atoms with Crippen LogP contribution in [0.15, 0.2) is 37.2 Å². The van der Waals surface area contributed by atoms with Crippen LogP contribution in [-0.2, 0) is 29.5 Å². The van der Waals surface area contributed by atoms with Crippen molar-refractivity contribution in [3.63, 3.8) is 0 Å². The van der Waals surface area contributed by atoms with Crippen LogP contribution in [0.3, 0.4) is 0 Å². The minimum atomic E-state index is -3.66. The van der Waals surface area contributed by atoms with Crippen molar-refractivity contribution in [3.8, 4) is 0 Å². The highest BCUT2D eigenvalue weighted by Crippen LogP contribution is 2.55. The zero-order chi connectivity index (χ0) is 21.0. The molecule has 0 radical (unpaired) electrons. The molecule has 0 aliphatic carbocycles. The number of hydrogen-bond acceptors (Lipinski definition) is 9. The Balaban J connectivity index is 1.53. The summed E-state index contributed by atoms with van der Waals surface area (Å²) in [6.07, 6.45) is 6.38. The highest BCUT2D eigenvalue weighted by atomic mass is 31.2. The lowest BCUT2D eigenvalue weighted by molar-refractivity contribution is 0.0842. The number of nitrogens with one attached hydrogen (secondary N) is 1. The lowest BCUT2D eigenvalue weighted by Gasteiger charge is -2.29. The van der Waals surface area contributed by atoms with Crippen LogP contribution < -0.4 is 5.09 Å². The van der Waals surface area contributed by atoms with Crippen molar-refractivity contribution >= 4 is 33.2 Å². The van der Waals surface area contributed by atoms with Crippen LogP contribution in [0.4, 0.5) is 5.82 Å². The van der Waals surface area contributed by atoms with E-state index in [1.807, 2.05) is 19.1 Å². The first-order chi connectivity index (χ1) is 14.6. The molecule has 0 saturated carbocycles. The minimum Gasteiger partial charge on any atom is -0.365 e. The van der Waals surface area contributed by atoms with E-state index >= 15 is 0 Å². The van der Waals surface area contributed by atoms with E-state index in [2.05, 4.69) is 25.0 Å². The molecule has 1 fully saturated rings. The van der Waals surface area contributed by atoms with Gasteiger partial charge in [-0.05, 0) is 24.6 Å². The maximum atomic E-state index is 13.2. The number of hydrogen-bond donors (Lipinski definition) is 1. The third-order valence-electron chi connectivity index (χ3n) is 4.49. The number of fused-ring (bicyclic) bond motifs is 1. The molecular weight excluding hydrogens is 430 g/mol. The van der Waals surface area contributed by atoms with Crippen molar-refractivity contribution in [1.82, 2.24) is 24.5 Å². The number of imidazole rings is 1. The molecule has 1 N–H and O–H groups in total. The van der Waals surface area contributed by atoms with Gasteiger partial charge in [0, 0.05) is 18.8 Å². The summed E-state index contributed by atoms with van der Waals surface area (Å²) in [6, 6.07) is 3.64. The molecule has 11 nitrogen and oxygen atoms in total. The molecule has 4 rings (SSSR count). The predicted molar refractivity (Wildman–Crippen MR) is 108 cm³/mol. The monoisotopic (exact) mass is 450 g/mol. The lowest BCUT2D eigenvalue weighted by atomic mass is 10.1. The molecule has 3 atom stereocenters. The fraction of sp³-hybridized carbons (Fsp3) is 0.412. The van der Waals surface area contributed by atoms with E-state index in [4.69, 9.17) is 13.8 Å². The summed E-state index contributed by atoms with van der Waals surface area (Å²) in [5, 5.41) is 2.80. The molecule has 0 aromatic carbocycles. The molecule has 3 aromatic heterocycles. The second-order valence-corrected chi connectivity index (χ2v) is 8.84. The quantitative estimate of drug-likeness (QED) is 0.508. The first-order valence-electron chi connectivity index (χ1n) is 9.26. The summed E-state index contributed by atoms with van der Waals surface area (Å²) in [6.45, 7) is 2.59. The predicted octanol–water partition coefficient (Wildman–Crippen LogP) is 3.57. The fourth-order valence-electron chi connectivity index (χ4n) is 3.11. The normalized spacial score (nSPS) is 22.9. The Labute approximate surface area is 174 Å². The Kier molecular flexibility index (Phi) is 6.46. The molecule has 1 aliphatic rings. The Morgan fingerprint density at radius 2 is 2.20 bits per heavy atom. The number of nitrogens with zero attached hydrogens (tertiary/aromatic N) is 5. The van der Waals surface area contributed by atoms with Gasteiger partial charge in [-0.1, -0.05) is 0 Å². The van der Waals surface area contributed by atoms with Gasteiger partial charge < -0.3 is 9.30 Å². The van der Waals surface area contributed by atoms with Gasteiger partial charge >= 0.3 is 7.75 Å². The third kappa shape index (κ3) is 4.71. The maximum absolute atomic E-state index is 13.2. The molecule has 4 heterocycles. The van der Waals surface area contributed by atoms with Crippen LogP contribution in [0.25, 0.3) is 11.2 Å². The number of aromatic nitrogens is 5. The lowest BCUT2D eigenvalue weighted by Crippen LogP contribution is -2.18. The molecule has 13 heteroatoms. The summed E-state index contributed by atoms with van der Waals surface area (Å²) < 4.78 is 42.2. The van der Waals surface area contributed by atoms with Crippen LogP contribution in [0.5, 0.6) is 0 Å². The van der Waals surface area contributed by atoms with Crippen molar-refractivity contribution < 1.29 is 22.9 Å². The van der Waals surface area contributed by atoms with Gasteiger partial charge in [-0.25, -0.2) is 19.5 Å². The van der Waals surface area contributed by atoms with Gasteiger partial charge in [-0.15, -0.1) is 0 Å². The van der Waals surface area contributed by atoms with Crippen LogP contribution in [-0.4, -0.2) is 43.6 Å². The highest BCUT2D eigenvalue weighted by Gasteiger charge is 2.36. The van der Waals surface area contributed by atoms with Gasteiger partial charge in [-0.2, -0.15) is 0 Å². The molecule has 0 spiro atoms. The van der Waals surface area contributed by atoms with Crippen LogP contribution in [0.1, 0.15) is 25.0 Å². The molecule has 0 amide bonds. The van der Waals surface area contributed by atoms with Crippen molar-refractivity contribution in [2.24, 2.45) is 0 Å². The van der Waals surface area contributed by atoms with Crippen molar-refractivity contribution in [1.29, 1.82) is 0 Å². The van der Waals surface area contributed by atoms with Crippen LogP contribution in [0.2, 0.25) is 0 Å². The second kappa shape index (κ2) is 9.24. The first-order valence-corrected chi connectivity index (χ1v) is 11.8. The second-order valence-electron chi connectivity index (χ2n) is 6.63. The van der Waals surface area contributed by atoms with Gasteiger partial charge in [0.05, 0.1) is 31.7 Å². The summed E-state index contributed by atoms with van der Waals surface area (Å²) in [4.78, 5) is 16.8. The Morgan fingerprint density at radius 3 is 3.00 bits per heavy atom. The van der Waals surface area contributed by atoms with E-state index in [-0.39, 0.29) is 39.4 Å². The van der Waals surface area contributed by atoms with Gasteiger partial charge in [0.25, 0.3) is 0 Å². The third-order valence-corrected chi connectivity index (χ3v) is 6.29. The number of ether oxygens (including phenoxy) is 1. The van der Waals surface area contributed by atoms with Crippen molar-refractivity contribution in [2.75, 3.05) is 18.0 Å². The maximum Gasteiger partial charge on any atom is 0.434 e. The molecule has 30 heavy (non-hydrogen) atoms. The molecule has 1 aliphatic heterocycles. The van der Waals surface area contributed by atoms with Crippen molar-refractivity contribution in [3.05, 3.63) is 42.7 Å². The number of anilines is 1. The first kappa shape index (κ1) is 21.0. The Hall–Kier alpha value is -2.29. The zero-order valence-electron chi connectivity index (χ0n) is 16.1. The molecular formula is C17H20N6O5P2. The van der Waals surface area contributed by atoms with Gasteiger partial charge in [0.15, 0.2) is 25.4 Å². The molecule has 3 aromatic rings. The molecule has 158 valence electrons. The van der Waals surface area contributed by atoms with Crippen LogP contribution >= 0.6 is 16.2 Å². The zero-order valence-corrected chi connectivity index (χ0v) is 17.9. The van der Waals surface area contributed by atoms with E-state index in [1.165, 1.54) is 6.33 Å². The van der Waals surface area contributed by atoms with E-state index in [9.17, 15) is 9.13 Å².